The van der Waals surface area contributed by atoms with Crippen LogP contribution in [0.2, 0.25) is 0 Å². The van der Waals surface area contributed by atoms with Crippen molar-refractivity contribution in [1.82, 2.24) is 15.5 Å². The average molecular weight is 266 g/mol. The lowest BCUT2D eigenvalue weighted by Gasteiger charge is -2.08. The fraction of sp³-hybridized carbons (Fsp3) is 0.500. The van der Waals surface area contributed by atoms with E-state index >= 15 is 0 Å². The summed E-state index contributed by atoms with van der Waals surface area (Å²) >= 11 is 1.71. The van der Waals surface area contributed by atoms with Crippen LogP contribution in [0.15, 0.2) is 21.9 Å². The highest BCUT2D eigenvalue weighted by Gasteiger charge is 2.11. The molecule has 2 rings (SSSR count). The third-order valence-electron chi connectivity index (χ3n) is 2.48. The van der Waals surface area contributed by atoms with E-state index in [9.17, 15) is 0 Å². The van der Waals surface area contributed by atoms with Crippen molar-refractivity contribution in [3.63, 3.8) is 0 Å². The topological polar surface area (TPSA) is 63.0 Å². The lowest BCUT2D eigenvalue weighted by Crippen LogP contribution is -2.13. The van der Waals surface area contributed by atoms with Crippen LogP contribution in [0.25, 0.3) is 0 Å². The first kappa shape index (κ1) is 13.0. The Kier molecular flexibility index (Phi) is 4.72. The molecule has 0 aliphatic carbocycles. The molecular weight excluding hydrogens is 248 g/mol. The molecule has 0 spiro atoms. The van der Waals surface area contributed by atoms with Gasteiger partial charge in [-0.3, -0.25) is 0 Å². The highest BCUT2D eigenvalue weighted by atomic mass is 32.1. The summed E-state index contributed by atoms with van der Waals surface area (Å²) in [6, 6.07) is 4.78. The lowest BCUT2D eigenvalue weighted by atomic mass is 10.3. The summed E-state index contributed by atoms with van der Waals surface area (Å²) in [5.41, 5.74) is 0. The Balaban J connectivity index is 1.86. The minimum absolute atomic E-state index is 0.182. The van der Waals surface area contributed by atoms with Crippen molar-refractivity contribution < 1.29 is 4.42 Å². The Labute approximate surface area is 111 Å². The molecule has 0 aromatic carbocycles. The van der Waals surface area contributed by atoms with Crippen molar-refractivity contribution in [2.24, 2.45) is 0 Å². The lowest BCUT2D eigenvalue weighted by molar-refractivity contribution is 0.474. The molecule has 0 fully saturated rings. The van der Waals surface area contributed by atoms with E-state index in [1.807, 2.05) is 6.07 Å². The summed E-state index contributed by atoms with van der Waals surface area (Å²) in [7, 11) is 0. The number of hydrogen-bond acceptors (Lipinski definition) is 6. The standard InChI is InChI=1S/C12H18N4OS/c1-3-6-13-8-11-15-16-12(17-11)14-9(2)10-5-4-7-18-10/h4-5,7,9,13H,3,6,8H2,1-2H3,(H,14,16). The van der Waals surface area contributed by atoms with Gasteiger partial charge in [0.2, 0.25) is 5.89 Å². The molecule has 2 aromatic heterocycles. The number of nitrogens with zero attached hydrogens (tertiary/aromatic N) is 2. The maximum atomic E-state index is 5.51. The number of thiophene rings is 1. The molecule has 2 N–H and O–H groups in total. The first-order valence-electron chi connectivity index (χ1n) is 6.12. The van der Waals surface area contributed by atoms with Crippen LogP contribution in [0.3, 0.4) is 0 Å². The van der Waals surface area contributed by atoms with Gasteiger partial charge in [0.1, 0.15) is 0 Å². The van der Waals surface area contributed by atoms with Gasteiger partial charge in [0, 0.05) is 4.88 Å². The molecule has 98 valence electrons. The summed E-state index contributed by atoms with van der Waals surface area (Å²) in [5.74, 6) is 0.615. The number of hydrogen-bond donors (Lipinski definition) is 2. The zero-order valence-corrected chi connectivity index (χ0v) is 11.5. The van der Waals surface area contributed by atoms with Crippen LogP contribution in [0.5, 0.6) is 0 Å². The predicted octanol–water partition coefficient (Wildman–Crippen LogP) is 2.80. The summed E-state index contributed by atoms with van der Waals surface area (Å²) in [5, 5.41) is 16.4. The highest BCUT2D eigenvalue weighted by Crippen LogP contribution is 2.22. The first-order chi connectivity index (χ1) is 8.79. The average Bonchev–Trinajstić information content (AvgIpc) is 3.00. The van der Waals surface area contributed by atoms with Crippen molar-refractivity contribution in [2.45, 2.75) is 32.9 Å². The van der Waals surface area contributed by atoms with E-state index in [2.05, 4.69) is 46.1 Å². The van der Waals surface area contributed by atoms with Gasteiger partial charge in [0.25, 0.3) is 0 Å². The maximum Gasteiger partial charge on any atom is 0.316 e. The monoisotopic (exact) mass is 266 g/mol. The smallest absolute Gasteiger partial charge is 0.316 e. The largest absolute Gasteiger partial charge is 0.407 e. The number of nitrogens with one attached hydrogen (secondary N) is 2. The van der Waals surface area contributed by atoms with E-state index in [1.54, 1.807) is 11.3 Å². The first-order valence-corrected chi connectivity index (χ1v) is 7.00. The van der Waals surface area contributed by atoms with Crippen molar-refractivity contribution >= 4 is 17.4 Å². The Hall–Kier alpha value is -1.40. The van der Waals surface area contributed by atoms with Gasteiger partial charge in [0.05, 0.1) is 12.6 Å². The molecule has 0 aliphatic heterocycles. The molecule has 2 heterocycles. The summed E-state index contributed by atoms with van der Waals surface area (Å²) in [6.45, 7) is 5.77. The molecule has 0 bridgehead atoms. The third kappa shape index (κ3) is 3.54. The van der Waals surface area contributed by atoms with Gasteiger partial charge in [-0.05, 0) is 31.3 Å². The summed E-state index contributed by atoms with van der Waals surface area (Å²) in [6.07, 6.45) is 1.09. The van der Waals surface area contributed by atoms with Crippen LogP contribution in [-0.4, -0.2) is 16.7 Å². The summed E-state index contributed by atoms with van der Waals surface area (Å²) in [4.78, 5) is 1.25. The minimum Gasteiger partial charge on any atom is -0.407 e. The zero-order chi connectivity index (χ0) is 12.8. The molecule has 0 amide bonds. The van der Waals surface area contributed by atoms with E-state index in [1.165, 1.54) is 4.88 Å². The second kappa shape index (κ2) is 6.51. The van der Waals surface area contributed by atoms with Crippen molar-refractivity contribution in [3.05, 3.63) is 28.3 Å². The Bertz CT molecular complexity index is 454. The van der Waals surface area contributed by atoms with Gasteiger partial charge in [-0.1, -0.05) is 18.1 Å². The SMILES string of the molecule is CCCNCc1nnc(NC(C)c2cccs2)o1. The van der Waals surface area contributed by atoms with Gasteiger partial charge >= 0.3 is 6.01 Å². The minimum atomic E-state index is 0.182. The fourth-order valence-electron chi connectivity index (χ4n) is 1.55. The molecular formula is C12H18N4OS. The van der Waals surface area contributed by atoms with Gasteiger partial charge in [-0.2, -0.15) is 0 Å². The Morgan fingerprint density at radius 3 is 3.06 bits per heavy atom. The quantitative estimate of drug-likeness (QED) is 0.754. The van der Waals surface area contributed by atoms with Crippen molar-refractivity contribution in [2.75, 3.05) is 11.9 Å². The number of anilines is 1. The second-order valence-corrected chi connectivity index (χ2v) is 5.04. The predicted molar refractivity (Wildman–Crippen MR) is 72.7 cm³/mol. The van der Waals surface area contributed by atoms with Crippen LogP contribution in [0.4, 0.5) is 6.01 Å². The van der Waals surface area contributed by atoms with E-state index in [4.69, 9.17) is 4.42 Å². The molecule has 1 atom stereocenters. The van der Waals surface area contributed by atoms with Gasteiger partial charge in [0.15, 0.2) is 0 Å². The highest BCUT2D eigenvalue weighted by molar-refractivity contribution is 7.10. The van der Waals surface area contributed by atoms with Gasteiger partial charge < -0.3 is 15.1 Å². The van der Waals surface area contributed by atoms with Crippen LogP contribution >= 0.6 is 11.3 Å². The Morgan fingerprint density at radius 2 is 2.33 bits per heavy atom. The van der Waals surface area contributed by atoms with Crippen molar-refractivity contribution in [3.8, 4) is 0 Å². The second-order valence-electron chi connectivity index (χ2n) is 4.06. The summed E-state index contributed by atoms with van der Waals surface area (Å²) < 4.78 is 5.51. The van der Waals surface area contributed by atoms with Gasteiger partial charge in [-0.25, -0.2) is 0 Å². The van der Waals surface area contributed by atoms with Crippen LogP contribution < -0.4 is 10.6 Å². The van der Waals surface area contributed by atoms with Gasteiger partial charge in [-0.15, -0.1) is 16.4 Å². The number of rotatable bonds is 7. The maximum absolute atomic E-state index is 5.51. The van der Waals surface area contributed by atoms with E-state index < -0.39 is 0 Å². The fourth-order valence-corrected chi connectivity index (χ4v) is 2.28. The zero-order valence-electron chi connectivity index (χ0n) is 10.6. The molecule has 0 saturated carbocycles. The van der Waals surface area contributed by atoms with E-state index in [0.29, 0.717) is 18.5 Å². The van der Waals surface area contributed by atoms with Crippen LogP contribution in [0, 0.1) is 0 Å². The number of aromatic nitrogens is 2. The molecule has 2 aromatic rings. The van der Waals surface area contributed by atoms with E-state index in [0.717, 1.165) is 13.0 Å². The van der Waals surface area contributed by atoms with E-state index in [-0.39, 0.29) is 6.04 Å². The molecule has 6 heteroatoms. The molecule has 1 unspecified atom stereocenters. The molecule has 5 nitrogen and oxygen atoms in total. The third-order valence-corrected chi connectivity index (χ3v) is 3.53. The van der Waals surface area contributed by atoms with Crippen LogP contribution in [0.1, 0.15) is 37.1 Å². The van der Waals surface area contributed by atoms with Crippen molar-refractivity contribution in [1.29, 1.82) is 0 Å². The molecule has 0 radical (unpaired) electrons. The normalized spacial score (nSPS) is 12.6. The Morgan fingerprint density at radius 1 is 1.44 bits per heavy atom. The molecule has 0 saturated heterocycles. The molecule has 18 heavy (non-hydrogen) atoms. The molecule has 0 aliphatic rings. The van der Waals surface area contributed by atoms with Crippen LogP contribution in [-0.2, 0) is 6.54 Å².